The zero-order chi connectivity index (χ0) is 13.0. The zero-order valence-electron chi connectivity index (χ0n) is 10.0. The molecule has 0 saturated carbocycles. The number of hydrogen-bond donors (Lipinski definition) is 3. The van der Waals surface area contributed by atoms with Gasteiger partial charge in [-0.15, -0.1) is 0 Å². The fraction of sp³-hybridized carbons (Fsp3) is 0.417. The minimum atomic E-state index is -0.449. The van der Waals surface area contributed by atoms with Crippen LogP contribution < -0.4 is 16.8 Å². The van der Waals surface area contributed by atoms with Crippen LogP contribution in [0.15, 0.2) is 18.2 Å². The molecule has 4 nitrogen and oxygen atoms in total. The number of anilines is 2. The predicted octanol–water partition coefficient (Wildman–Crippen LogP) is 1.63. The van der Waals surface area contributed by atoms with E-state index in [9.17, 15) is 4.79 Å². The number of nitrogens with one attached hydrogen (secondary N) is 1. The van der Waals surface area contributed by atoms with Gasteiger partial charge in [-0.25, -0.2) is 0 Å². The number of primary amides is 1. The van der Waals surface area contributed by atoms with Crippen molar-refractivity contribution in [2.75, 3.05) is 34.9 Å². The summed E-state index contributed by atoms with van der Waals surface area (Å²) in [5.74, 6) is 3.13. The quantitative estimate of drug-likeness (QED) is 0.732. The highest BCUT2D eigenvalue weighted by molar-refractivity contribution is 8.06. The SMILES string of the molecule is NC(=O)c1cc(N)ccc1NCC1CSCCS1. The highest BCUT2D eigenvalue weighted by Crippen LogP contribution is 2.25. The third-order valence-corrected chi connectivity index (χ3v) is 5.56. The van der Waals surface area contributed by atoms with Crippen molar-refractivity contribution in [1.29, 1.82) is 0 Å². The number of rotatable bonds is 4. The van der Waals surface area contributed by atoms with Crippen molar-refractivity contribution in [2.45, 2.75) is 5.25 Å². The number of hydrogen-bond acceptors (Lipinski definition) is 5. The van der Waals surface area contributed by atoms with Gasteiger partial charge in [-0.1, -0.05) is 0 Å². The van der Waals surface area contributed by atoms with E-state index in [4.69, 9.17) is 11.5 Å². The number of nitrogen functional groups attached to an aromatic ring is 1. The van der Waals surface area contributed by atoms with Crippen LogP contribution in [-0.2, 0) is 0 Å². The lowest BCUT2D eigenvalue weighted by atomic mass is 10.1. The van der Waals surface area contributed by atoms with Gasteiger partial charge in [0.2, 0.25) is 0 Å². The first kappa shape index (κ1) is 13.4. The Morgan fingerprint density at radius 2 is 2.28 bits per heavy atom. The predicted molar refractivity (Wildman–Crippen MR) is 81.4 cm³/mol. The number of benzene rings is 1. The molecule has 0 spiro atoms. The van der Waals surface area contributed by atoms with E-state index in [1.54, 1.807) is 12.1 Å². The summed E-state index contributed by atoms with van der Waals surface area (Å²) in [6.45, 7) is 0.849. The standard InChI is InChI=1S/C12H17N3OS2/c13-8-1-2-11(10(5-8)12(14)16)15-6-9-7-17-3-4-18-9/h1-2,5,9,15H,3-4,6-7,13H2,(H2,14,16). The third kappa shape index (κ3) is 3.49. The van der Waals surface area contributed by atoms with E-state index in [-0.39, 0.29) is 0 Å². The molecule has 1 saturated heterocycles. The van der Waals surface area contributed by atoms with E-state index in [1.165, 1.54) is 11.5 Å². The minimum absolute atomic E-state index is 0.449. The molecule has 1 atom stereocenters. The fourth-order valence-corrected chi connectivity index (χ4v) is 4.41. The van der Waals surface area contributed by atoms with Crippen molar-refractivity contribution in [1.82, 2.24) is 0 Å². The van der Waals surface area contributed by atoms with Crippen LogP contribution in [0.5, 0.6) is 0 Å². The van der Waals surface area contributed by atoms with Gasteiger partial charge in [0.05, 0.1) is 5.56 Å². The number of thioether (sulfide) groups is 2. The monoisotopic (exact) mass is 283 g/mol. The molecule has 18 heavy (non-hydrogen) atoms. The van der Waals surface area contributed by atoms with Crippen LogP contribution in [0, 0.1) is 0 Å². The topological polar surface area (TPSA) is 81.1 Å². The molecule has 1 heterocycles. The number of carbonyl (C=O) groups excluding carboxylic acids is 1. The molecule has 5 N–H and O–H groups in total. The molecule has 98 valence electrons. The van der Waals surface area contributed by atoms with E-state index in [2.05, 4.69) is 5.32 Å². The Balaban J connectivity index is 2.01. The lowest BCUT2D eigenvalue weighted by Gasteiger charge is -2.22. The molecule has 1 amide bonds. The van der Waals surface area contributed by atoms with Crippen LogP contribution in [0.1, 0.15) is 10.4 Å². The molecular weight excluding hydrogens is 266 g/mol. The molecule has 0 aromatic heterocycles. The molecule has 0 aliphatic carbocycles. The van der Waals surface area contributed by atoms with Crippen molar-refractivity contribution < 1.29 is 4.79 Å². The minimum Gasteiger partial charge on any atom is -0.399 e. The van der Waals surface area contributed by atoms with E-state index in [1.807, 2.05) is 29.6 Å². The summed E-state index contributed by atoms with van der Waals surface area (Å²) in [4.78, 5) is 11.3. The first-order valence-corrected chi connectivity index (χ1v) is 7.99. The Morgan fingerprint density at radius 3 is 2.94 bits per heavy atom. The second-order valence-electron chi connectivity index (χ2n) is 4.12. The lowest BCUT2D eigenvalue weighted by molar-refractivity contribution is 0.100. The van der Waals surface area contributed by atoms with E-state index >= 15 is 0 Å². The van der Waals surface area contributed by atoms with Gasteiger partial charge in [0.1, 0.15) is 0 Å². The molecule has 1 aliphatic rings. The average molecular weight is 283 g/mol. The summed E-state index contributed by atoms with van der Waals surface area (Å²) in [6.07, 6.45) is 0. The van der Waals surface area contributed by atoms with Crippen molar-refractivity contribution in [3.8, 4) is 0 Å². The molecule has 1 aromatic rings. The van der Waals surface area contributed by atoms with Gasteiger partial charge in [0.15, 0.2) is 0 Å². The van der Waals surface area contributed by atoms with E-state index in [0.717, 1.165) is 18.0 Å². The maximum absolute atomic E-state index is 11.3. The van der Waals surface area contributed by atoms with Gasteiger partial charge in [-0.05, 0) is 18.2 Å². The first-order valence-electron chi connectivity index (χ1n) is 5.79. The average Bonchev–Trinajstić information content (AvgIpc) is 2.38. The summed E-state index contributed by atoms with van der Waals surface area (Å²) < 4.78 is 0. The number of carbonyl (C=O) groups is 1. The van der Waals surface area contributed by atoms with Gasteiger partial charge in [-0.2, -0.15) is 23.5 Å². The molecule has 1 aliphatic heterocycles. The van der Waals surface area contributed by atoms with E-state index in [0.29, 0.717) is 16.5 Å². The van der Waals surface area contributed by atoms with E-state index < -0.39 is 5.91 Å². The zero-order valence-corrected chi connectivity index (χ0v) is 11.7. The normalized spacial score (nSPS) is 19.4. The lowest BCUT2D eigenvalue weighted by Crippen LogP contribution is -2.24. The smallest absolute Gasteiger partial charge is 0.250 e. The van der Waals surface area contributed by atoms with Crippen LogP contribution in [0.3, 0.4) is 0 Å². The maximum Gasteiger partial charge on any atom is 0.250 e. The molecule has 0 radical (unpaired) electrons. The Morgan fingerprint density at radius 1 is 1.44 bits per heavy atom. The van der Waals surface area contributed by atoms with Crippen molar-refractivity contribution in [2.24, 2.45) is 5.73 Å². The molecule has 0 bridgehead atoms. The maximum atomic E-state index is 11.3. The highest BCUT2D eigenvalue weighted by Gasteiger charge is 2.15. The number of nitrogens with two attached hydrogens (primary N) is 2. The van der Waals surface area contributed by atoms with Crippen molar-refractivity contribution >= 4 is 40.8 Å². The molecule has 1 fully saturated rings. The Hall–Kier alpha value is -1.01. The molecule has 2 rings (SSSR count). The van der Waals surface area contributed by atoms with Crippen molar-refractivity contribution in [3.63, 3.8) is 0 Å². The summed E-state index contributed by atoms with van der Waals surface area (Å²) in [6, 6.07) is 5.21. The first-order chi connectivity index (χ1) is 8.66. The summed E-state index contributed by atoms with van der Waals surface area (Å²) in [7, 11) is 0. The summed E-state index contributed by atoms with van der Waals surface area (Å²) in [5.41, 5.74) is 12.8. The van der Waals surface area contributed by atoms with Crippen LogP contribution in [0.25, 0.3) is 0 Å². The highest BCUT2D eigenvalue weighted by atomic mass is 32.2. The molecule has 1 unspecified atom stereocenters. The summed E-state index contributed by atoms with van der Waals surface area (Å²) >= 11 is 3.95. The van der Waals surface area contributed by atoms with Crippen LogP contribution in [0.2, 0.25) is 0 Å². The van der Waals surface area contributed by atoms with Gasteiger partial charge in [0.25, 0.3) is 5.91 Å². The van der Waals surface area contributed by atoms with Crippen molar-refractivity contribution in [3.05, 3.63) is 23.8 Å². The second-order valence-corrected chi connectivity index (χ2v) is 6.68. The Bertz CT molecular complexity index is 433. The third-order valence-electron chi connectivity index (χ3n) is 2.71. The van der Waals surface area contributed by atoms with Crippen LogP contribution >= 0.6 is 23.5 Å². The Labute approximate surface area is 115 Å². The van der Waals surface area contributed by atoms with Crippen LogP contribution in [-0.4, -0.2) is 35.0 Å². The van der Waals surface area contributed by atoms with Gasteiger partial charge in [0, 0.05) is 40.4 Å². The number of amides is 1. The van der Waals surface area contributed by atoms with Gasteiger partial charge < -0.3 is 16.8 Å². The van der Waals surface area contributed by atoms with Crippen LogP contribution in [0.4, 0.5) is 11.4 Å². The fourth-order valence-electron chi connectivity index (χ4n) is 1.80. The van der Waals surface area contributed by atoms with Gasteiger partial charge >= 0.3 is 0 Å². The molecule has 1 aromatic carbocycles. The molecule has 6 heteroatoms. The second kappa shape index (κ2) is 6.24. The van der Waals surface area contributed by atoms with Gasteiger partial charge in [-0.3, -0.25) is 4.79 Å². The molecular formula is C12H17N3OS2. The summed E-state index contributed by atoms with van der Waals surface area (Å²) in [5, 5.41) is 3.89. The Kier molecular flexibility index (Phi) is 4.66. The largest absolute Gasteiger partial charge is 0.399 e.